The lowest BCUT2D eigenvalue weighted by molar-refractivity contribution is 0.104. The van der Waals surface area contributed by atoms with Crippen molar-refractivity contribution >= 4 is 48.7 Å². The van der Waals surface area contributed by atoms with Gasteiger partial charge in [0.1, 0.15) is 5.01 Å². The zero-order chi connectivity index (χ0) is 22.6. The van der Waals surface area contributed by atoms with Crippen LogP contribution in [0.4, 0.5) is 10.8 Å². The number of fused-ring (bicyclic) bond motifs is 1. The fourth-order valence-electron chi connectivity index (χ4n) is 3.09. The molecule has 0 aliphatic heterocycles. The van der Waals surface area contributed by atoms with Gasteiger partial charge in [-0.25, -0.2) is 8.42 Å². The Morgan fingerprint density at radius 2 is 1.75 bits per heavy atom. The average Bonchev–Trinajstić information content (AvgIpc) is 3.26. The van der Waals surface area contributed by atoms with Gasteiger partial charge in [-0.05, 0) is 41.5 Å². The number of carbonyl (C=O) groups excluding carboxylic acids is 1. The van der Waals surface area contributed by atoms with E-state index in [1.807, 2.05) is 43.3 Å². The molecule has 4 aromatic rings. The van der Waals surface area contributed by atoms with E-state index in [1.54, 1.807) is 24.4 Å². The van der Waals surface area contributed by atoms with Gasteiger partial charge in [0.2, 0.25) is 5.13 Å². The molecule has 2 N–H and O–H groups in total. The second kappa shape index (κ2) is 9.29. The first-order chi connectivity index (χ1) is 15.5. The normalized spacial score (nSPS) is 11.7. The standard InChI is InChI=1S/C23H20N4O3S2/c1-2-22-25-26-23(31-22)27-32(29,30)18-12-10-17(11-13-18)24-15-14-21(28)20-9-5-7-16-6-3-4-8-19(16)20/h3-15,24H,2H2,1H3,(H,26,27). The lowest BCUT2D eigenvalue weighted by Gasteiger charge is -2.06. The number of aromatic nitrogens is 2. The molecule has 0 saturated heterocycles. The molecular weight excluding hydrogens is 444 g/mol. The molecule has 0 spiro atoms. The fraction of sp³-hybridized carbons (Fsp3) is 0.0870. The van der Waals surface area contributed by atoms with Crippen LogP contribution in [-0.4, -0.2) is 24.4 Å². The number of aryl methyl sites for hydroxylation is 1. The van der Waals surface area contributed by atoms with Crippen molar-refractivity contribution in [1.29, 1.82) is 0 Å². The summed E-state index contributed by atoms with van der Waals surface area (Å²) in [6.45, 7) is 1.93. The van der Waals surface area contributed by atoms with Gasteiger partial charge in [-0.3, -0.25) is 9.52 Å². The Morgan fingerprint density at radius 3 is 2.50 bits per heavy atom. The Bertz CT molecular complexity index is 1390. The van der Waals surface area contributed by atoms with Gasteiger partial charge >= 0.3 is 0 Å². The van der Waals surface area contributed by atoms with Crippen LogP contribution in [0.5, 0.6) is 0 Å². The van der Waals surface area contributed by atoms with E-state index < -0.39 is 10.0 Å². The van der Waals surface area contributed by atoms with E-state index in [0.717, 1.165) is 15.8 Å². The largest absolute Gasteiger partial charge is 0.362 e. The maximum atomic E-state index is 12.6. The van der Waals surface area contributed by atoms with Crippen molar-refractivity contribution in [2.45, 2.75) is 18.2 Å². The maximum Gasteiger partial charge on any atom is 0.263 e. The van der Waals surface area contributed by atoms with Gasteiger partial charge in [0, 0.05) is 23.5 Å². The highest BCUT2D eigenvalue weighted by Gasteiger charge is 2.16. The first-order valence-electron chi connectivity index (χ1n) is 9.87. The third-order valence-electron chi connectivity index (χ3n) is 4.70. The number of rotatable bonds is 8. The Balaban J connectivity index is 1.42. The lowest BCUT2D eigenvalue weighted by Crippen LogP contribution is -2.12. The molecule has 0 amide bonds. The quantitative estimate of drug-likeness (QED) is 0.285. The summed E-state index contributed by atoms with van der Waals surface area (Å²) in [5.41, 5.74) is 1.27. The van der Waals surface area contributed by atoms with Gasteiger partial charge < -0.3 is 5.32 Å². The molecule has 9 heteroatoms. The molecule has 0 aliphatic carbocycles. The summed E-state index contributed by atoms with van der Waals surface area (Å²) >= 11 is 1.20. The first-order valence-corrected chi connectivity index (χ1v) is 12.2. The van der Waals surface area contributed by atoms with Gasteiger partial charge in [0.05, 0.1) is 4.90 Å². The van der Waals surface area contributed by atoms with Crippen molar-refractivity contribution in [3.63, 3.8) is 0 Å². The summed E-state index contributed by atoms with van der Waals surface area (Å²) < 4.78 is 27.5. The van der Waals surface area contributed by atoms with E-state index >= 15 is 0 Å². The molecule has 32 heavy (non-hydrogen) atoms. The number of carbonyl (C=O) groups is 1. The van der Waals surface area contributed by atoms with Gasteiger partial charge in [-0.1, -0.05) is 60.7 Å². The number of hydrogen-bond donors (Lipinski definition) is 2. The highest BCUT2D eigenvalue weighted by molar-refractivity contribution is 7.93. The summed E-state index contributed by atoms with van der Waals surface area (Å²) in [5, 5.41) is 13.6. The lowest BCUT2D eigenvalue weighted by atomic mass is 10.0. The second-order valence-electron chi connectivity index (χ2n) is 6.85. The average molecular weight is 465 g/mol. The van der Waals surface area contributed by atoms with E-state index in [1.165, 1.54) is 29.5 Å². The van der Waals surface area contributed by atoms with Crippen LogP contribution in [0.1, 0.15) is 22.3 Å². The minimum atomic E-state index is -3.76. The minimum absolute atomic E-state index is 0.104. The summed E-state index contributed by atoms with van der Waals surface area (Å²) in [7, 11) is -3.76. The Labute approximate surface area is 189 Å². The predicted octanol–water partition coefficient (Wildman–Crippen LogP) is 4.86. The molecule has 0 aliphatic rings. The minimum Gasteiger partial charge on any atom is -0.362 e. The van der Waals surface area contributed by atoms with Gasteiger partial charge in [0.25, 0.3) is 10.0 Å². The Morgan fingerprint density at radius 1 is 1.00 bits per heavy atom. The van der Waals surface area contributed by atoms with Crippen molar-refractivity contribution < 1.29 is 13.2 Å². The van der Waals surface area contributed by atoms with Crippen molar-refractivity contribution in [3.8, 4) is 0 Å². The van der Waals surface area contributed by atoms with Crippen molar-refractivity contribution in [3.05, 3.63) is 89.6 Å². The van der Waals surface area contributed by atoms with E-state index in [9.17, 15) is 13.2 Å². The molecule has 4 rings (SSSR count). The fourth-order valence-corrected chi connectivity index (χ4v) is 5.00. The SMILES string of the molecule is CCc1nnc(NS(=O)(=O)c2ccc(NC=CC(=O)c3cccc4ccccc34)cc2)s1. The maximum absolute atomic E-state index is 12.6. The molecular formula is C23H20N4O3S2. The van der Waals surface area contributed by atoms with Crippen molar-refractivity contribution in [2.24, 2.45) is 0 Å². The van der Waals surface area contributed by atoms with Crippen LogP contribution in [0.2, 0.25) is 0 Å². The number of ketones is 1. The van der Waals surface area contributed by atoms with Crippen LogP contribution in [0.15, 0.2) is 83.9 Å². The predicted molar refractivity (Wildman–Crippen MR) is 128 cm³/mol. The number of nitrogens with zero attached hydrogens (tertiary/aromatic N) is 2. The van der Waals surface area contributed by atoms with Gasteiger partial charge in [-0.2, -0.15) is 0 Å². The third kappa shape index (κ3) is 4.84. The number of hydrogen-bond acceptors (Lipinski definition) is 7. The van der Waals surface area contributed by atoms with Crippen LogP contribution in [0.25, 0.3) is 10.8 Å². The van der Waals surface area contributed by atoms with Crippen molar-refractivity contribution in [2.75, 3.05) is 10.0 Å². The smallest absolute Gasteiger partial charge is 0.263 e. The summed E-state index contributed by atoms with van der Waals surface area (Å²) in [6.07, 6.45) is 3.68. The molecule has 162 valence electrons. The molecule has 0 saturated carbocycles. The van der Waals surface area contributed by atoms with E-state index in [-0.39, 0.29) is 15.8 Å². The molecule has 7 nitrogen and oxygen atoms in total. The van der Waals surface area contributed by atoms with E-state index in [0.29, 0.717) is 17.7 Å². The van der Waals surface area contributed by atoms with Crippen LogP contribution in [-0.2, 0) is 16.4 Å². The molecule has 1 aromatic heterocycles. The molecule has 0 radical (unpaired) electrons. The van der Waals surface area contributed by atoms with Gasteiger partial charge in [0.15, 0.2) is 5.78 Å². The molecule has 3 aromatic carbocycles. The van der Waals surface area contributed by atoms with Crippen LogP contribution in [0, 0.1) is 0 Å². The number of sulfonamides is 1. The molecule has 0 bridgehead atoms. The summed E-state index contributed by atoms with van der Waals surface area (Å²) in [6, 6.07) is 19.5. The first kappa shape index (κ1) is 21.7. The monoisotopic (exact) mass is 464 g/mol. The van der Waals surface area contributed by atoms with Gasteiger partial charge in [-0.15, -0.1) is 10.2 Å². The number of nitrogens with one attached hydrogen (secondary N) is 2. The number of benzene rings is 3. The molecule has 0 unspecified atom stereocenters. The van der Waals surface area contributed by atoms with Crippen LogP contribution >= 0.6 is 11.3 Å². The number of anilines is 2. The molecule has 1 heterocycles. The molecule has 0 fully saturated rings. The summed E-state index contributed by atoms with van der Waals surface area (Å²) in [4.78, 5) is 12.7. The van der Waals surface area contributed by atoms with Crippen molar-refractivity contribution in [1.82, 2.24) is 10.2 Å². The Kier molecular flexibility index (Phi) is 6.29. The third-order valence-corrected chi connectivity index (χ3v) is 7.16. The zero-order valence-corrected chi connectivity index (χ0v) is 18.8. The highest BCUT2D eigenvalue weighted by atomic mass is 32.2. The Hall–Kier alpha value is -3.56. The number of allylic oxidation sites excluding steroid dienone is 1. The van der Waals surface area contributed by atoms with E-state index in [4.69, 9.17) is 0 Å². The van der Waals surface area contributed by atoms with Crippen LogP contribution < -0.4 is 10.0 Å². The second-order valence-corrected chi connectivity index (χ2v) is 9.60. The molecule has 0 atom stereocenters. The highest BCUT2D eigenvalue weighted by Crippen LogP contribution is 2.22. The topological polar surface area (TPSA) is 101 Å². The summed E-state index contributed by atoms with van der Waals surface area (Å²) in [5.74, 6) is -0.124. The van der Waals surface area contributed by atoms with Crippen LogP contribution in [0.3, 0.4) is 0 Å². The van der Waals surface area contributed by atoms with E-state index in [2.05, 4.69) is 20.2 Å². The zero-order valence-electron chi connectivity index (χ0n) is 17.1.